The van der Waals surface area contributed by atoms with Gasteiger partial charge < -0.3 is 9.72 Å². The van der Waals surface area contributed by atoms with Gasteiger partial charge in [0.15, 0.2) is 0 Å². The Morgan fingerprint density at radius 2 is 2.22 bits per heavy atom. The van der Waals surface area contributed by atoms with Gasteiger partial charge >= 0.3 is 0 Å². The average molecular weight is 326 g/mol. The van der Waals surface area contributed by atoms with E-state index in [0.29, 0.717) is 5.56 Å². The first kappa shape index (κ1) is 14.4. The molecule has 1 amide bonds. The molecule has 0 fully saturated rings. The molecule has 5 nitrogen and oxygen atoms in total. The van der Waals surface area contributed by atoms with E-state index in [1.54, 1.807) is 29.8 Å². The summed E-state index contributed by atoms with van der Waals surface area (Å²) in [6, 6.07) is 3.58. The van der Waals surface area contributed by atoms with Gasteiger partial charge in [-0.15, -0.1) is 11.3 Å². The van der Waals surface area contributed by atoms with Crippen LogP contribution in [0.15, 0.2) is 30.7 Å². The van der Waals surface area contributed by atoms with Gasteiger partial charge in [-0.05, 0) is 44.7 Å². The topological polar surface area (TPSA) is 59.3 Å². The molecule has 1 aliphatic rings. The highest BCUT2D eigenvalue weighted by Gasteiger charge is 2.20. The van der Waals surface area contributed by atoms with Gasteiger partial charge in [-0.2, -0.15) is 0 Å². The molecule has 0 spiro atoms. The molecule has 3 aromatic rings. The quantitative estimate of drug-likeness (QED) is 0.804. The van der Waals surface area contributed by atoms with Gasteiger partial charge in [0.2, 0.25) is 0 Å². The molecule has 23 heavy (non-hydrogen) atoms. The largest absolute Gasteiger partial charge is 0.343 e. The molecule has 0 aliphatic heterocycles. The van der Waals surface area contributed by atoms with Crippen molar-refractivity contribution in [3.8, 4) is 0 Å². The zero-order valence-electron chi connectivity index (χ0n) is 13.0. The van der Waals surface area contributed by atoms with Crippen molar-refractivity contribution < 1.29 is 4.79 Å². The third kappa shape index (κ3) is 2.74. The summed E-state index contributed by atoms with van der Waals surface area (Å²) in [5.41, 5.74) is 2.70. The molecular weight excluding hydrogens is 308 g/mol. The summed E-state index contributed by atoms with van der Waals surface area (Å²) in [6.45, 7) is 2.00. The van der Waals surface area contributed by atoms with Crippen LogP contribution in [0.25, 0.3) is 5.65 Å². The second-order valence-corrected chi connectivity index (χ2v) is 7.05. The minimum Gasteiger partial charge on any atom is -0.343 e. The molecule has 0 radical (unpaired) electrons. The van der Waals surface area contributed by atoms with Crippen LogP contribution >= 0.6 is 11.3 Å². The normalized spacial score (nSPS) is 15.3. The van der Waals surface area contributed by atoms with Gasteiger partial charge in [-0.3, -0.25) is 4.79 Å². The highest BCUT2D eigenvalue weighted by molar-refractivity contribution is 7.11. The van der Waals surface area contributed by atoms with Crippen LogP contribution in [0.3, 0.4) is 0 Å². The van der Waals surface area contributed by atoms with Crippen molar-refractivity contribution >= 4 is 22.9 Å². The lowest BCUT2D eigenvalue weighted by molar-refractivity contribution is 0.0939. The monoisotopic (exact) mass is 326 g/mol. The maximum atomic E-state index is 12.5. The Balaban J connectivity index is 1.52. The first-order chi connectivity index (χ1) is 11.2. The molecule has 3 aromatic heterocycles. The smallest absolute Gasteiger partial charge is 0.253 e. The number of hydrogen-bond donors (Lipinski definition) is 1. The number of carbonyl (C=O) groups excluding carboxylic acids is 1. The standard InChI is InChI=1S/C17H18N4OS/c1-11(17-20-13-4-2-3-5-14(13)23-17)19-16(22)12-6-7-15-18-8-9-21(15)10-12/h6-11H,2-5H2,1H3,(H,19,22). The number of carbonyl (C=O) groups is 1. The Kier molecular flexibility index (Phi) is 3.61. The number of aryl methyl sites for hydroxylation is 2. The van der Waals surface area contributed by atoms with Crippen molar-refractivity contribution in [3.05, 3.63) is 51.9 Å². The minimum absolute atomic E-state index is 0.0726. The number of nitrogens with one attached hydrogen (secondary N) is 1. The third-order valence-electron chi connectivity index (χ3n) is 4.23. The molecule has 4 rings (SSSR count). The Labute approximate surface area is 138 Å². The summed E-state index contributed by atoms with van der Waals surface area (Å²) in [7, 11) is 0. The van der Waals surface area contributed by atoms with Gasteiger partial charge in [-0.25, -0.2) is 9.97 Å². The number of aromatic nitrogens is 3. The van der Waals surface area contributed by atoms with Crippen LogP contribution < -0.4 is 5.32 Å². The van der Waals surface area contributed by atoms with Crippen LogP contribution in [0.5, 0.6) is 0 Å². The highest BCUT2D eigenvalue weighted by atomic mass is 32.1. The van der Waals surface area contributed by atoms with E-state index in [1.807, 2.05) is 23.6 Å². The lowest BCUT2D eigenvalue weighted by Crippen LogP contribution is -2.26. The molecule has 1 aliphatic carbocycles. The number of rotatable bonds is 3. The number of hydrogen-bond acceptors (Lipinski definition) is 4. The van der Waals surface area contributed by atoms with E-state index in [-0.39, 0.29) is 11.9 Å². The van der Waals surface area contributed by atoms with Crippen LogP contribution in [-0.4, -0.2) is 20.3 Å². The zero-order valence-corrected chi connectivity index (χ0v) is 13.8. The second kappa shape index (κ2) is 5.77. The first-order valence-electron chi connectivity index (χ1n) is 7.93. The van der Waals surface area contributed by atoms with Crippen molar-refractivity contribution in [2.45, 2.75) is 38.6 Å². The summed E-state index contributed by atoms with van der Waals surface area (Å²) < 4.78 is 1.85. The molecule has 1 N–H and O–H groups in total. The molecule has 0 saturated carbocycles. The van der Waals surface area contributed by atoms with E-state index < -0.39 is 0 Å². The SMILES string of the molecule is CC(NC(=O)c1ccc2nccn2c1)c1nc2c(s1)CCCC2. The van der Waals surface area contributed by atoms with Crippen molar-refractivity contribution in [3.63, 3.8) is 0 Å². The predicted molar refractivity (Wildman–Crippen MR) is 89.8 cm³/mol. The average Bonchev–Trinajstić information content (AvgIpc) is 3.20. The molecule has 1 atom stereocenters. The molecular formula is C17H18N4OS. The molecule has 0 bridgehead atoms. The summed E-state index contributed by atoms with van der Waals surface area (Å²) in [5.74, 6) is -0.0822. The van der Waals surface area contributed by atoms with E-state index in [9.17, 15) is 4.79 Å². The lowest BCUT2D eigenvalue weighted by atomic mass is 10.0. The number of pyridine rings is 1. The van der Waals surface area contributed by atoms with E-state index >= 15 is 0 Å². The van der Waals surface area contributed by atoms with Gasteiger partial charge in [0, 0.05) is 23.5 Å². The Morgan fingerprint density at radius 1 is 1.35 bits per heavy atom. The summed E-state index contributed by atoms with van der Waals surface area (Å²) >= 11 is 1.74. The van der Waals surface area contributed by atoms with Crippen LogP contribution in [0, 0.1) is 0 Å². The van der Waals surface area contributed by atoms with Crippen LogP contribution in [-0.2, 0) is 12.8 Å². The van der Waals surface area contributed by atoms with Gasteiger partial charge in [0.05, 0.1) is 17.3 Å². The summed E-state index contributed by atoms with van der Waals surface area (Å²) in [5, 5.41) is 4.06. The zero-order chi connectivity index (χ0) is 15.8. The summed E-state index contributed by atoms with van der Waals surface area (Å²) in [6.07, 6.45) is 10.0. The first-order valence-corrected chi connectivity index (χ1v) is 8.74. The van der Waals surface area contributed by atoms with Crippen LogP contribution in [0.2, 0.25) is 0 Å². The predicted octanol–water partition coefficient (Wildman–Crippen LogP) is 3.16. The van der Waals surface area contributed by atoms with Gasteiger partial charge in [0.25, 0.3) is 5.91 Å². The highest BCUT2D eigenvalue weighted by Crippen LogP contribution is 2.29. The lowest BCUT2D eigenvalue weighted by Gasteiger charge is -2.11. The number of thiazole rings is 1. The molecule has 0 saturated heterocycles. The van der Waals surface area contributed by atoms with Crippen molar-refractivity contribution in [2.75, 3.05) is 0 Å². The molecule has 3 heterocycles. The number of imidazole rings is 1. The summed E-state index contributed by atoms with van der Waals surface area (Å²) in [4.78, 5) is 22.8. The fourth-order valence-corrected chi connectivity index (χ4v) is 4.11. The molecule has 118 valence electrons. The maximum Gasteiger partial charge on any atom is 0.253 e. The van der Waals surface area contributed by atoms with Crippen molar-refractivity contribution in [2.24, 2.45) is 0 Å². The number of amides is 1. The van der Waals surface area contributed by atoms with E-state index in [1.165, 1.54) is 23.4 Å². The number of fused-ring (bicyclic) bond motifs is 2. The Bertz CT molecular complexity index is 843. The van der Waals surface area contributed by atoms with Gasteiger partial charge in [0.1, 0.15) is 10.7 Å². The van der Waals surface area contributed by atoms with Crippen LogP contribution in [0.1, 0.15) is 51.7 Å². The van der Waals surface area contributed by atoms with Crippen molar-refractivity contribution in [1.82, 2.24) is 19.7 Å². The molecule has 0 aromatic carbocycles. The minimum atomic E-state index is -0.0822. The second-order valence-electron chi connectivity index (χ2n) is 5.93. The van der Waals surface area contributed by atoms with Gasteiger partial charge in [-0.1, -0.05) is 0 Å². The Hall–Kier alpha value is -2.21. The fourth-order valence-electron chi connectivity index (χ4n) is 2.95. The van der Waals surface area contributed by atoms with Crippen LogP contribution in [0.4, 0.5) is 0 Å². The van der Waals surface area contributed by atoms with E-state index in [0.717, 1.165) is 23.5 Å². The molecule has 1 unspecified atom stereocenters. The van der Waals surface area contributed by atoms with Crippen molar-refractivity contribution in [1.29, 1.82) is 0 Å². The van der Waals surface area contributed by atoms with E-state index in [2.05, 4.69) is 10.3 Å². The maximum absolute atomic E-state index is 12.5. The Morgan fingerprint density at radius 3 is 3.09 bits per heavy atom. The fraction of sp³-hybridized carbons (Fsp3) is 0.353. The molecule has 6 heteroatoms. The third-order valence-corrected chi connectivity index (χ3v) is 5.57. The van der Waals surface area contributed by atoms with E-state index in [4.69, 9.17) is 4.98 Å². The number of nitrogens with zero attached hydrogens (tertiary/aromatic N) is 3.